The first-order chi connectivity index (χ1) is 12.0. The van der Waals surface area contributed by atoms with Gasteiger partial charge in [-0.05, 0) is 55.7 Å². The highest BCUT2D eigenvalue weighted by atomic mass is 16.5. The zero-order valence-electron chi connectivity index (χ0n) is 15.4. The van der Waals surface area contributed by atoms with Crippen LogP contribution in [0.5, 0.6) is 17.2 Å². The van der Waals surface area contributed by atoms with Crippen molar-refractivity contribution in [1.82, 2.24) is 0 Å². The van der Waals surface area contributed by atoms with Gasteiger partial charge in [0.2, 0.25) is 0 Å². The molecule has 5 heteroatoms. The average Bonchev–Trinajstić information content (AvgIpc) is 2.59. The summed E-state index contributed by atoms with van der Waals surface area (Å²) in [6.07, 6.45) is -0.0369. The average molecular weight is 343 g/mol. The first-order valence-electron chi connectivity index (χ1n) is 8.24. The fourth-order valence-electron chi connectivity index (χ4n) is 2.60. The van der Waals surface area contributed by atoms with E-state index in [9.17, 15) is 4.79 Å². The van der Waals surface area contributed by atoms with E-state index >= 15 is 0 Å². The van der Waals surface area contributed by atoms with Gasteiger partial charge in [0.1, 0.15) is 17.2 Å². The Kier molecular flexibility index (Phi) is 6.28. The van der Waals surface area contributed by atoms with Gasteiger partial charge in [-0.1, -0.05) is 13.0 Å². The third kappa shape index (κ3) is 4.89. The third-order valence-corrected chi connectivity index (χ3v) is 3.80. The summed E-state index contributed by atoms with van der Waals surface area (Å²) in [6.45, 7) is 5.92. The highest BCUT2D eigenvalue weighted by molar-refractivity contribution is 5.95. The van der Waals surface area contributed by atoms with Crippen molar-refractivity contribution in [3.05, 3.63) is 47.5 Å². The molecule has 1 amide bonds. The van der Waals surface area contributed by atoms with Crippen molar-refractivity contribution < 1.29 is 19.0 Å². The summed E-state index contributed by atoms with van der Waals surface area (Å²) in [5.41, 5.74) is 2.78. The van der Waals surface area contributed by atoms with Crippen LogP contribution >= 0.6 is 0 Å². The monoisotopic (exact) mass is 343 g/mol. The Labute approximate surface area is 148 Å². The van der Waals surface area contributed by atoms with Gasteiger partial charge < -0.3 is 19.5 Å². The van der Waals surface area contributed by atoms with Gasteiger partial charge in [-0.2, -0.15) is 0 Å². The van der Waals surface area contributed by atoms with Crippen LogP contribution in [0.2, 0.25) is 0 Å². The molecule has 5 nitrogen and oxygen atoms in total. The van der Waals surface area contributed by atoms with Crippen molar-refractivity contribution in [3.63, 3.8) is 0 Å². The van der Waals surface area contributed by atoms with Gasteiger partial charge in [-0.25, -0.2) is 0 Å². The minimum atomic E-state index is -0.590. The Morgan fingerprint density at radius 3 is 2.24 bits per heavy atom. The van der Waals surface area contributed by atoms with Crippen LogP contribution in [0.1, 0.15) is 24.5 Å². The summed E-state index contributed by atoms with van der Waals surface area (Å²) in [5.74, 6) is 1.67. The van der Waals surface area contributed by atoms with Gasteiger partial charge >= 0.3 is 0 Å². The predicted octanol–water partition coefficient (Wildman–Crippen LogP) is 4.12. The molecular weight excluding hydrogens is 318 g/mol. The molecule has 2 aromatic rings. The Morgan fingerprint density at radius 2 is 1.68 bits per heavy atom. The van der Waals surface area contributed by atoms with E-state index in [0.717, 1.165) is 11.1 Å². The summed E-state index contributed by atoms with van der Waals surface area (Å²) in [5, 5.41) is 2.87. The lowest BCUT2D eigenvalue weighted by molar-refractivity contribution is -0.122. The summed E-state index contributed by atoms with van der Waals surface area (Å²) < 4.78 is 16.4. The number of hydrogen-bond acceptors (Lipinski definition) is 4. The SMILES string of the molecule is CC[C@@H](Oc1cc(C)cc(C)c1)C(=O)Nc1ccc(OC)cc1OC. The molecule has 0 spiro atoms. The molecule has 2 rings (SSSR count). The van der Waals surface area contributed by atoms with E-state index in [-0.39, 0.29) is 5.91 Å². The Hall–Kier alpha value is -2.69. The van der Waals surface area contributed by atoms with Crippen LogP contribution < -0.4 is 19.5 Å². The highest BCUT2D eigenvalue weighted by Gasteiger charge is 2.20. The van der Waals surface area contributed by atoms with E-state index in [1.54, 1.807) is 32.4 Å². The van der Waals surface area contributed by atoms with Gasteiger partial charge in [0.25, 0.3) is 5.91 Å². The van der Waals surface area contributed by atoms with E-state index in [2.05, 4.69) is 11.4 Å². The van der Waals surface area contributed by atoms with Crippen molar-refractivity contribution in [2.24, 2.45) is 0 Å². The lowest BCUT2D eigenvalue weighted by Gasteiger charge is -2.19. The molecule has 0 aliphatic heterocycles. The first kappa shape index (κ1) is 18.6. The van der Waals surface area contributed by atoms with E-state index in [1.807, 2.05) is 32.9 Å². The van der Waals surface area contributed by atoms with Gasteiger partial charge in [0.05, 0.1) is 19.9 Å². The molecule has 0 saturated carbocycles. The van der Waals surface area contributed by atoms with Crippen LogP contribution in [0.3, 0.4) is 0 Å². The van der Waals surface area contributed by atoms with Crippen molar-refractivity contribution in [1.29, 1.82) is 0 Å². The van der Waals surface area contributed by atoms with Crippen LogP contribution in [0.4, 0.5) is 5.69 Å². The Balaban J connectivity index is 2.14. The number of carbonyl (C=O) groups excluding carboxylic acids is 1. The van der Waals surface area contributed by atoms with E-state index in [4.69, 9.17) is 14.2 Å². The molecule has 134 valence electrons. The van der Waals surface area contributed by atoms with Crippen LogP contribution in [0.15, 0.2) is 36.4 Å². The molecule has 0 unspecified atom stereocenters. The fraction of sp³-hybridized carbons (Fsp3) is 0.350. The molecule has 1 atom stereocenters. The van der Waals surface area contributed by atoms with E-state index in [1.165, 1.54) is 0 Å². The first-order valence-corrected chi connectivity index (χ1v) is 8.24. The lowest BCUT2D eigenvalue weighted by atomic mass is 10.1. The molecule has 0 aromatic heterocycles. The van der Waals surface area contributed by atoms with Gasteiger partial charge in [-0.15, -0.1) is 0 Å². The van der Waals surface area contributed by atoms with Gasteiger partial charge in [0, 0.05) is 6.07 Å². The second-order valence-electron chi connectivity index (χ2n) is 5.89. The molecule has 0 aliphatic rings. The zero-order chi connectivity index (χ0) is 18.4. The maximum Gasteiger partial charge on any atom is 0.265 e. The van der Waals surface area contributed by atoms with Crippen molar-refractivity contribution in [2.75, 3.05) is 19.5 Å². The number of aryl methyl sites for hydroxylation is 2. The minimum Gasteiger partial charge on any atom is -0.497 e. The number of benzene rings is 2. The fourth-order valence-corrected chi connectivity index (χ4v) is 2.60. The Bertz CT molecular complexity index is 722. The van der Waals surface area contributed by atoms with E-state index < -0.39 is 6.10 Å². The molecule has 0 radical (unpaired) electrons. The maximum atomic E-state index is 12.6. The molecule has 0 heterocycles. The van der Waals surface area contributed by atoms with Gasteiger partial charge in [0.15, 0.2) is 6.10 Å². The topological polar surface area (TPSA) is 56.8 Å². The highest BCUT2D eigenvalue weighted by Crippen LogP contribution is 2.29. The molecule has 2 aromatic carbocycles. The largest absolute Gasteiger partial charge is 0.497 e. The van der Waals surface area contributed by atoms with Gasteiger partial charge in [-0.3, -0.25) is 4.79 Å². The minimum absolute atomic E-state index is 0.217. The molecule has 0 aliphatic carbocycles. The summed E-state index contributed by atoms with van der Waals surface area (Å²) >= 11 is 0. The standard InChI is InChI=1S/C20H25NO4/c1-6-18(25-16-10-13(2)9-14(3)11-16)20(22)21-17-8-7-15(23-4)12-19(17)24-5/h7-12,18H,6H2,1-5H3,(H,21,22)/t18-/m1/s1. The zero-order valence-corrected chi connectivity index (χ0v) is 15.4. The van der Waals surface area contributed by atoms with Crippen molar-refractivity contribution in [3.8, 4) is 17.2 Å². The number of amides is 1. The number of hydrogen-bond donors (Lipinski definition) is 1. The van der Waals surface area contributed by atoms with Crippen LogP contribution in [-0.2, 0) is 4.79 Å². The summed E-state index contributed by atoms with van der Waals surface area (Å²) in [6, 6.07) is 11.2. The maximum absolute atomic E-state index is 12.6. The number of anilines is 1. The molecule has 1 N–H and O–H groups in total. The second-order valence-corrected chi connectivity index (χ2v) is 5.89. The smallest absolute Gasteiger partial charge is 0.265 e. The molecule has 0 saturated heterocycles. The van der Waals surface area contributed by atoms with Crippen LogP contribution in [-0.4, -0.2) is 26.2 Å². The number of ether oxygens (including phenoxy) is 3. The van der Waals surface area contributed by atoms with Crippen LogP contribution in [0.25, 0.3) is 0 Å². The molecular formula is C20H25NO4. The molecule has 0 fully saturated rings. The predicted molar refractivity (Wildman–Crippen MR) is 98.8 cm³/mol. The normalized spacial score (nSPS) is 11.6. The summed E-state index contributed by atoms with van der Waals surface area (Å²) in [7, 11) is 3.13. The van der Waals surface area contributed by atoms with Crippen molar-refractivity contribution in [2.45, 2.75) is 33.3 Å². The van der Waals surface area contributed by atoms with E-state index in [0.29, 0.717) is 29.4 Å². The molecule has 0 bridgehead atoms. The summed E-state index contributed by atoms with van der Waals surface area (Å²) in [4.78, 5) is 12.6. The second kappa shape index (κ2) is 8.42. The quantitative estimate of drug-likeness (QED) is 0.822. The number of nitrogens with one attached hydrogen (secondary N) is 1. The molecule has 25 heavy (non-hydrogen) atoms. The van der Waals surface area contributed by atoms with Crippen molar-refractivity contribution >= 4 is 11.6 Å². The number of methoxy groups -OCH3 is 2. The third-order valence-electron chi connectivity index (χ3n) is 3.80. The lowest BCUT2D eigenvalue weighted by Crippen LogP contribution is -2.32. The van der Waals surface area contributed by atoms with Crippen LogP contribution in [0, 0.1) is 13.8 Å². The number of rotatable bonds is 7. The number of carbonyl (C=O) groups is 1. The Morgan fingerprint density at radius 1 is 1.00 bits per heavy atom.